The largest absolute Gasteiger partial charge is 0.522 e. The number of ether oxygens (including phenoxy) is 2. The number of hydrogen-bond acceptors (Lipinski definition) is 3. The summed E-state index contributed by atoms with van der Waals surface area (Å²) in [7, 11) is 1.18. The summed E-state index contributed by atoms with van der Waals surface area (Å²) in [6.45, 7) is 0. The van der Waals surface area contributed by atoms with E-state index in [0.29, 0.717) is 0 Å². The Morgan fingerprint density at radius 1 is 1.75 bits per heavy atom. The van der Waals surface area contributed by atoms with Crippen molar-refractivity contribution in [1.82, 2.24) is 0 Å². The van der Waals surface area contributed by atoms with Crippen molar-refractivity contribution in [3.05, 3.63) is 0 Å². The van der Waals surface area contributed by atoms with Crippen LogP contribution in [0.1, 0.15) is 0 Å². The molecule has 0 aliphatic heterocycles. The number of halogens is 1. The van der Waals surface area contributed by atoms with Crippen molar-refractivity contribution >= 4 is 17.8 Å². The van der Waals surface area contributed by atoms with Gasteiger partial charge >= 0.3 is 6.16 Å². The predicted octanol–water partition coefficient (Wildman–Crippen LogP) is 0.927. The first-order chi connectivity index (χ1) is 3.81. The van der Waals surface area contributed by atoms with Crippen LogP contribution in [0.2, 0.25) is 0 Å². The third kappa shape index (κ3) is 3.32. The van der Waals surface area contributed by atoms with Gasteiger partial charge in [0.05, 0.1) is 7.11 Å². The van der Waals surface area contributed by atoms with E-state index in [0.717, 1.165) is 0 Å². The molecule has 0 saturated carbocycles. The van der Waals surface area contributed by atoms with Crippen molar-refractivity contribution < 1.29 is 14.3 Å². The van der Waals surface area contributed by atoms with Gasteiger partial charge in [0.1, 0.15) is 6.11 Å². The molecule has 44 valence electrons. The number of methoxy groups -OCH3 is 1. The van der Waals surface area contributed by atoms with Crippen molar-refractivity contribution in [2.24, 2.45) is 0 Å². The average Bonchev–Trinajstić information content (AvgIpc) is 1.83. The van der Waals surface area contributed by atoms with Gasteiger partial charge in [0.2, 0.25) is 0 Å². The molecule has 0 bridgehead atoms. The molecule has 0 atom stereocenters. The molecule has 0 aromatic carbocycles. The Balaban J connectivity index is 3.35. The summed E-state index contributed by atoms with van der Waals surface area (Å²) in [5, 5.41) is 1.83. The topological polar surface area (TPSA) is 35.5 Å². The van der Waals surface area contributed by atoms with Gasteiger partial charge in [-0.25, -0.2) is 4.79 Å². The molecule has 0 amide bonds. The first-order valence-electron chi connectivity index (χ1n) is 1.66. The molecule has 3 nitrogen and oxygen atoms in total. The Bertz CT molecular complexity index is 132. The fraction of sp³-hybridized carbons (Fsp3) is 0.250. The van der Waals surface area contributed by atoms with Crippen LogP contribution >= 0.6 is 11.6 Å². The quantitative estimate of drug-likeness (QED) is 0.365. The molecule has 0 aliphatic rings. The lowest BCUT2D eigenvalue weighted by Crippen LogP contribution is -1.97. The molecule has 0 unspecified atom stereocenters. The second-order valence-electron chi connectivity index (χ2n) is 0.753. The van der Waals surface area contributed by atoms with Crippen LogP contribution in [0.25, 0.3) is 0 Å². The van der Waals surface area contributed by atoms with E-state index in [1.807, 2.05) is 11.5 Å². The molecule has 0 aromatic heterocycles. The Morgan fingerprint density at radius 3 is 2.75 bits per heavy atom. The van der Waals surface area contributed by atoms with Crippen LogP contribution in [-0.2, 0) is 9.47 Å². The van der Waals surface area contributed by atoms with Crippen molar-refractivity contribution in [3.63, 3.8) is 0 Å². The van der Waals surface area contributed by atoms with Gasteiger partial charge in [-0.15, -0.1) is 0 Å². The highest BCUT2D eigenvalue weighted by atomic mass is 35.5. The zero-order chi connectivity index (χ0) is 6.41. The highest BCUT2D eigenvalue weighted by molar-refractivity contribution is 6.30. The fourth-order valence-corrected chi connectivity index (χ4v) is 0.141. The maximum Gasteiger partial charge on any atom is 0.522 e. The highest BCUT2D eigenvalue weighted by Gasteiger charge is 1.93. The number of carbonyl (C=O) groups is 1. The lowest BCUT2D eigenvalue weighted by molar-refractivity contribution is 0.112. The second kappa shape index (κ2) is 4.28. The second-order valence-corrected chi connectivity index (χ2v) is 0.942. The highest BCUT2D eigenvalue weighted by Crippen LogP contribution is 1.77. The molecule has 0 radical (unpaired) electrons. The summed E-state index contributed by atoms with van der Waals surface area (Å²) < 4.78 is 8.02. The van der Waals surface area contributed by atoms with Crippen molar-refractivity contribution in [3.8, 4) is 11.5 Å². The first-order valence-corrected chi connectivity index (χ1v) is 2.04. The Hall–Kier alpha value is -0.880. The van der Waals surface area contributed by atoms with Gasteiger partial charge < -0.3 is 9.47 Å². The van der Waals surface area contributed by atoms with Gasteiger partial charge in [0, 0.05) is 5.38 Å². The Labute approximate surface area is 51.5 Å². The molecule has 0 aliphatic carbocycles. The minimum absolute atomic E-state index is 0.863. The van der Waals surface area contributed by atoms with E-state index in [-0.39, 0.29) is 0 Å². The predicted molar refractivity (Wildman–Crippen MR) is 27.1 cm³/mol. The number of rotatable bonds is 0. The van der Waals surface area contributed by atoms with Crippen LogP contribution in [0.15, 0.2) is 0 Å². The van der Waals surface area contributed by atoms with Crippen molar-refractivity contribution in [2.75, 3.05) is 7.11 Å². The maximum atomic E-state index is 9.97. The number of hydrogen-bond donors (Lipinski definition) is 0. The van der Waals surface area contributed by atoms with Gasteiger partial charge in [0.25, 0.3) is 0 Å². The van der Waals surface area contributed by atoms with E-state index in [9.17, 15) is 4.79 Å². The van der Waals surface area contributed by atoms with Crippen LogP contribution in [0.3, 0.4) is 0 Å². The molecule has 0 aromatic rings. The summed E-state index contributed by atoms with van der Waals surface area (Å²) in [4.78, 5) is 9.97. The molecular weight excluding hydrogens is 131 g/mol. The molecular formula is C4H3ClO3. The minimum atomic E-state index is -0.863. The van der Waals surface area contributed by atoms with Gasteiger partial charge in [0.15, 0.2) is 0 Å². The molecule has 0 saturated heterocycles. The SMILES string of the molecule is COC(=O)OC#CCl. The van der Waals surface area contributed by atoms with Crippen LogP contribution in [0.5, 0.6) is 0 Å². The Kier molecular flexibility index (Phi) is 3.81. The van der Waals surface area contributed by atoms with Crippen LogP contribution in [0.4, 0.5) is 4.79 Å². The Morgan fingerprint density at radius 2 is 2.38 bits per heavy atom. The minimum Gasteiger partial charge on any atom is -0.437 e. The molecule has 0 fully saturated rings. The number of carbonyl (C=O) groups excluding carboxylic acids is 1. The molecule has 0 heterocycles. The van der Waals surface area contributed by atoms with E-state index in [2.05, 4.69) is 9.47 Å². The molecule has 4 heteroatoms. The third-order valence-electron chi connectivity index (χ3n) is 0.340. The standard InChI is InChI=1S/C4H3ClO3/c1-7-4(6)8-3-2-5/h1H3. The van der Waals surface area contributed by atoms with Gasteiger partial charge in [-0.05, 0) is 11.6 Å². The van der Waals surface area contributed by atoms with E-state index in [1.54, 1.807) is 0 Å². The monoisotopic (exact) mass is 134 g/mol. The summed E-state index contributed by atoms with van der Waals surface area (Å²) >= 11 is 4.81. The summed E-state index contributed by atoms with van der Waals surface area (Å²) in [6.07, 6.45) is 0.977. The fourth-order valence-electron chi connectivity index (χ4n) is 0.103. The molecule has 0 rings (SSSR count). The molecule has 0 spiro atoms. The zero-order valence-electron chi connectivity index (χ0n) is 4.10. The van der Waals surface area contributed by atoms with E-state index in [4.69, 9.17) is 11.6 Å². The third-order valence-corrected chi connectivity index (χ3v) is 0.417. The smallest absolute Gasteiger partial charge is 0.437 e. The van der Waals surface area contributed by atoms with Crippen LogP contribution in [-0.4, -0.2) is 13.3 Å². The lowest BCUT2D eigenvalue weighted by Gasteiger charge is -1.88. The molecule has 8 heavy (non-hydrogen) atoms. The van der Waals surface area contributed by atoms with E-state index < -0.39 is 6.16 Å². The maximum absolute atomic E-state index is 9.97. The van der Waals surface area contributed by atoms with Crippen molar-refractivity contribution in [2.45, 2.75) is 0 Å². The summed E-state index contributed by atoms with van der Waals surface area (Å²) in [6, 6.07) is 0. The van der Waals surface area contributed by atoms with Gasteiger partial charge in [-0.3, -0.25) is 0 Å². The van der Waals surface area contributed by atoms with Gasteiger partial charge in [-0.1, -0.05) is 0 Å². The van der Waals surface area contributed by atoms with Crippen molar-refractivity contribution in [1.29, 1.82) is 0 Å². The van der Waals surface area contributed by atoms with Crippen LogP contribution in [0, 0.1) is 11.5 Å². The van der Waals surface area contributed by atoms with E-state index in [1.165, 1.54) is 7.11 Å². The van der Waals surface area contributed by atoms with Gasteiger partial charge in [-0.2, -0.15) is 0 Å². The normalized spacial score (nSPS) is 6.25. The lowest BCUT2D eigenvalue weighted by atomic mass is 11.2. The average molecular weight is 135 g/mol. The van der Waals surface area contributed by atoms with Crippen LogP contribution < -0.4 is 0 Å². The molecule has 0 N–H and O–H groups in total. The zero-order valence-corrected chi connectivity index (χ0v) is 4.86. The summed E-state index contributed by atoms with van der Waals surface area (Å²) in [5.41, 5.74) is 0. The first kappa shape index (κ1) is 7.12. The van der Waals surface area contributed by atoms with E-state index >= 15 is 0 Å². The summed E-state index contributed by atoms with van der Waals surface area (Å²) in [5.74, 6) is 0.